The van der Waals surface area contributed by atoms with Crippen LogP contribution >= 0.6 is 7.60 Å². The van der Waals surface area contributed by atoms with Gasteiger partial charge >= 0.3 is 13.6 Å². The van der Waals surface area contributed by atoms with Gasteiger partial charge in [0.05, 0.1) is 19.1 Å². The molecule has 1 aliphatic rings. The van der Waals surface area contributed by atoms with Gasteiger partial charge < -0.3 is 13.8 Å². The van der Waals surface area contributed by atoms with Gasteiger partial charge in [0.25, 0.3) is 0 Å². The van der Waals surface area contributed by atoms with Gasteiger partial charge in [-0.25, -0.2) is 0 Å². The molecule has 1 fully saturated rings. The Morgan fingerprint density at radius 3 is 2.23 bits per heavy atom. The second-order valence-corrected chi connectivity index (χ2v) is 9.54. The lowest BCUT2D eigenvalue weighted by atomic mass is 9.94. The Bertz CT molecular complexity index is 633. The SMILES string of the molecule is CCOP(=O)(OCC)C1CC(C(=O)OC(C)(C)C)C(c2ccccc2)N1. The van der Waals surface area contributed by atoms with Gasteiger partial charge in [-0.05, 0) is 46.6 Å². The Morgan fingerprint density at radius 1 is 1.15 bits per heavy atom. The summed E-state index contributed by atoms with van der Waals surface area (Å²) in [5.74, 6) is -1.32. The average Bonchev–Trinajstić information content (AvgIpc) is 3.01. The quantitative estimate of drug-likeness (QED) is 0.560. The highest BCUT2D eigenvalue weighted by Gasteiger charge is 2.49. The maximum atomic E-state index is 13.2. The van der Waals surface area contributed by atoms with Gasteiger partial charge in [-0.15, -0.1) is 0 Å². The van der Waals surface area contributed by atoms with Crippen LogP contribution in [0.3, 0.4) is 0 Å². The summed E-state index contributed by atoms with van der Waals surface area (Å²) in [6, 6.07) is 9.35. The third-order valence-corrected chi connectivity index (χ3v) is 6.48. The van der Waals surface area contributed by atoms with Crippen LogP contribution in [0.2, 0.25) is 0 Å². The van der Waals surface area contributed by atoms with Crippen molar-refractivity contribution in [2.45, 2.75) is 58.5 Å². The number of benzene rings is 1. The van der Waals surface area contributed by atoms with E-state index in [1.54, 1.807) is 13.8 Å². The first-order valence-corrected chi connectivity index (χ1v) is 10.7. The second kappa shape index (κ2) is 8.66. The zero-order valence-electron chi connectivity index (χ0n) is 16.2. The lowest BCUT2D eigenvalue weighted by molar-refractivity contribution is -0.160. The minimum absolute atomic E-state index is 0.280. The van der Waals surface area contributed by atoms with E-state index in [1.807, 2.05) is 51.1 Å². The molecule has 1 N–H and O–H groups in total. The third kappa shape index (κ3) is 5.17. The Hall–Kier alpha value is -1.20. The maximum Gasteiger partial charge on any atom is 0.347 e. The van der Waals surface area contributed by atoms with E-state index in [-0.39, 0.29) is 25.2 Å². The largest absolute Gasteiger partial charge is 0.460 e. The monoisotopic (exact) mass is 383 g/mol. The van der Waals surface area contributed by atoms with Crippen molar-refractivity contribution < 1.29 is 23.1 Å². The molecule has 1 heterocycles. The van der Waals surface area contributed by atoms with Gasteiger partial charge in [-0.3, -0.25) is 14.7 Å². The van der Waals surface area contributed by atoms with E-state index >= 15 is 0 Å². The Kier molecular flexibility index (Phi) is 7.03. The average molecular weight is 383 g/mol. The highest BCUT2D eigenvalue weighted by molar-refractivity contribution is 7.54. The molecule has 1 aromatic rings. The summed E-state index contributed by atoms with van der Waals surface area (Å²) >= 11 is 0. The summed E-state index contributed by atoms with van der Waals surface area (Å²) in [4.78, 5) is 12.8. The van der Waals surface area contributed by atoms with Crippen LogP contribution in [0.25, 0.3) is 0 Å². The van der Waals surface area contributed by atoms with Crippen LogP contribution < -0.4 is 5.32 Å². The highest BCUT2D eigenvalue weighted by atomic mass is 31.2. The summed E-state index contributed by atoms with van der Waals surface area (Å²) < 4.78 is 29.8. The normalized spacial score (nSPS) is 23.8. The van der Waals surface area contributed by atoms with Crippen LogP contribution in [-0.2, 0) is 23.1 Å². The second-order valence-electron chi connectivity index (χ2n) is 7.32. The van der Waals surface area contributed by atoms with Gasteiger partial charge in [0.2, 0.25) is 0 Å². The standard InChI is InChI=1S/C19H30NO5P/c1-6-23-26(22,24-7-2)16-13-15(18(21)25-19(3,4)5)17(20-16)14-11-9-8-10-12-14/h8-12,15-17,20H,6-7,13H2,1-5H3. The zero-order valence-corrected chi connectivity index (χ0v) is 17.1. The molecule has 1 aromatic carbocycles. The van der Waals surface area contributed by atoms with Crippen LogP contribution in [0.15, 0.2) is 30.3 Å². The Labute approximate surface area is 156 Å². The van der Waals surface area contributed by atoms with Crippen molar-refractivity contribution in [3.05, 3.63) is 35.9 Å². The molecule has 6 nitrogen and oxygen atoms in total. The smallest absolute Gasteiger partial charge is 0.347 e. The van der Waals surface area contributed by atoms with E-state index in [2.05, 4.69) is 5.32 Å². The summed E-state index contributed by atoms with van der Waals surface area (Å²) in [6.45, 7) is 9.64. The van der Waals surface area contributed by atoms with Gasteiger partial charge in [0, 0.05) is 6.04 Å². The first kappa shape index (κ1) is 21.1. The van der Waals surface area contributed by atoms with Crippen LogP contribution in [0.1, 0.15) is 52.6 Å². The van der Waals surface area contributed by atoms with Crippen LogP contribution in [0.5, 0.6) is 0 Å². The number of esters is 1. The molecule has 0 spiro atoms. The summed E-state index contributed by atoms with van der Waals surface area (Å²) in [5, 5.41) is 3.32. The molecule has 0 amide bonds. The number of carbonyl (C=O) groups is 1. The molecule has 3 atom stereocenters. The van der Waals surface area contributed by atoms with Crippen LogP contribution in [-0.4, -0.2) is 30.6 Å². The van der Waals surface area contributed by atoms with Crippen molar-refractivity contribution in [3.8, 4) is 0 Å². The van der Waals surface area contributed by atoms with Crippen molar-refractivity contribution in [3.63, 3.8) is 0 Å². The predicted molar refractivity (Wildman–Crippen MR) is 101 cm³/mol. The fourth-order valence-corrected chi connectivity index (χ4v) is 5.15. The summed E-state index contributed by atoms with van der Waals surface area (Å²) in [6.07, 6.45) is 0.339. The molecule has 0 bridgehead atoms. The van der Waals surface area contributed by atoms with Crippen molar-refractivity contribution in [2.75, 3.05) is 13.2 Å². The first-order chi connectivity index (χ1) is 12.2. The number of carbonyl (C=O) groups excluding carboxylic acids is 1. The Balaban J connectivity index is 2.31. The predicted octanol–water partition coefficient (Wildman–Crippen LogP) is 4.27. The van der Waals surface area contributed by atoms with Crippen LogP contribution in [0.4, 0.5) is 0 Å². The molecule has 3 unspecified atom stereocenters. The van der Waals surface area contributed by atoms with Gasteiger partial charge in [0.15, 0.2) is 0 Å². The van der Waals surface area contributed by atoms with Crippen molar-refractivity contribution in [2.24, 2.45) is 5.92 Å². The molecule has 7 heteroatoms. The van der Waals surface area contributed by atoms with E-state index < -0.39 is 24.9 Å². The topological polar surface area (TPSA) is 73.9 Å². The number of ether oxygens (including phenoxy) is 1. The molecule has 0 aliphatic carbocycles. The summed E-state index contributed by atoms with van der Waals surface area (Å²) in [5.41, 5.74) is 0.366. The molecule has 146 valence electrons. The molecule has 0 aromatic heterocycles. The molecule has 1 aliphatic heterocycles. The zero-order chi connectivity index (χ0) is 19.4. The molecule has 0 saturated carbocycles. The van der Waals surface area contributed by atoms with E-state index in [0.717, 1.165) is 5.56 Å². The Morgan fingerprint density at radius 2 is 1.73 bits per heavy atom. The number of rotatable bonds is 7. The lowest BCUT2D eigenvalue weighted by Crippen LogP contribution is -2.32. The number of hydrogen-bond donors (Lipinski definition) is 1. The van der Waals surface area contributed by atoms with Gasteiger partial charge in [-0.2, -0.15) is 0 Å². The van der Waals surface area contributed by atoms with E-state index in [1.165, 1.54) is 0 Å². The van der Waals surface area contributed by atoms with Gasteiger partial charge in [0.1, 0.15) is 11.4 Å². The van der Waals surface area contributed by atoms with Crippen LogP contribution in [0, 0.1) is 5.92 Å². The third-order valence-electron chi connectivity index (χ3n) is 4.12. The van der Waals surface area contributed by atoms with Crippen molar-refractivity contribution >= 4 is 13.6 Å². The van der Waals surface area contributed by atoms with E-state index in [0.29, 0.717) is 6.42 Å². The van der Waals surface area contributed by atoms with Crippen molar-refractivity contribution in [1.82, 2.24) is 5.32 Å². The molecule has 1 saturated heterocycles. The lowest BCUT2D eigenvalue weighted by Gasteiger charge is -2.25. The number of nitrogens with one attached hydrogen (secondary N) is 1. The molecule has 0 radical (unpaired) electrons. The highest BCUT2D eigenvalue weighted by Crippen LogP contribution is 2.57. The fourth-order valence-electron chi connectivity index (χ4n) is 3.16. The van der Waals surface area contributed by atoms with Crippen molar-refractivity contribution in [1.29, 1.82) is 0 Å². The summed E-state index contributed by atoms with van der Waals surface area (Å²) in [7, 11) is -3.37. The fraction of sp³-hybridized carbons (Fsp3) is 0.632. The molecular weight excluding hydrogens is 353 g/mol. The van der Waals surface area contributed by atoms with E-state index in [9.17, 15) is 9.36 Å². The molecular formula is C19H30NO5P. The first-order valence-electron chi connectivity index (χ1n) is 9.13. The van der Waals surface area contributed by atoms with E-state index in [4.69, 9.17) is 13.8 Å². The minimum atomic E-state index is -3.37. The minimum Gasteiger partial charge on any atom is -0.460 e. The van der Waals surface area contributed by atoms with Gasteiger partial charge in [-0.1, -0.05) is 30.3 Å². The maximum absolute atomic E-state index is 13.2. The molecule has 2 rings (SSSR count). The number of hydrogen-bond acceptors (Lipinski definition) is 6. The molecule has 26 heavy (non-hydrogen) atoms.